The van der Waals surface area contributed by atoms with E-state index >= 15 is 0 Å². The second-order valence-corrected chi connectivity index (χ2v) is 4.18. The summed E-state index contributed by atoms with van der Waals surface area (Å²) in [6.07, 6.45) is 2.08. The van der Waals surface area contributed by atoms with Crippen LogP contribution in [0.4, 0.5) is 0 Å². The van der Waals surface area contributed by atoms with Crippen LogP contribution >= 0.6 is 0 Å². The van der Waals surface area contributed by atoms with Crippen LogP contribution in [0.3, 0.4) is 0 Å². The molecule has 0 saturated heterocycles. The molecule has 0 spiro atoms. The molecule has 0 bridgehead atoms. The first-order chi connectivity index (χ1) is 7.79. The predicted molar refractivity (Wildman–Crippen MR) is 68.6 cm³/mol. The highest BCUT2D eigenvalue weighted by Gasteiger charge is 2.00. The van der Waals surface area contributed by atoms with Gasteiger partial charge >= 0.3 is 0 Å². The van der Waals surface area contributed by atoms with Crippen LogP contribution in [0.1, 0.15) is 29.2 Å². The Bertz CT molecular complexity index is 469. The Morgan fingerprint density at radius 1 is 1.12 bits per heavy atom. The Hall–Kier alpha value is -1.56. The van der Waals surface area contributed by atoms with E-state index in [1.807, 2.05) is 6.07 Å². The van der Waals surface area contributed by atoms with Crippen LogP contribution in [-0.2, 0) is 12.8 Å². The van der Waals surface area contributed by atoms with Crippen LogP contribution in [0.5, 0.6) is 0 Å². The summed E-state index contributed by atoms with van der Waals surface area (Å²) in [5.41, 5.74) is 5.46. The van der Waals surface area contributed by atoms with Gasteiger partial charge in [0.1, 0.15) is 0 Å². The second-order valence-electron chi connectivity index (χ2n) is 4.18. The number of hydrogen-bond donors (Lipinski definition) is 0. The van der Waals surface area contributed by atoms with Crippen molar-refractivity contribution in [2.24, 2.45) is 0 Å². The van der Waals surface area contributed by atoms with Crippen molar-refractivity contribution in [2.75, 3.05) is 0 Å². The molecule has 0 unspecified atom stereocenters. The van der Waals surface area contributed by atoms with E-state index in [4.69, 9.17) is 0 Å². The van der Waals surface area contributed by atoms with Crippen LogP contribution in [0, 0.1) is 13.0 Å². The maximum Gasteiger partial charge on any atom is -0.00230 e. The van der Waals surface area contributed by atoms with E-state index in [1.165, 1.54) is 22.3 Å². The summed E-state index contributed by atoms with van der Waals surface area (Å²) in [5, 5.41) is 0. The molecule has 0 amide bonds. The number of hydrogen-bond acceptors (Lipinski definition) is 0. The van der Waals surface area contributed by atoms with Gasteiger partial charge < -0.3 is 0 Å². The molecule has 0 saturated carbocycles. The molecular weight excluding hydrogens is 192 g/mol. The molecule has 0 aromatic heterocycles. The summed E-state index contributed by atoms with van der Waals surface area (Å²) in [7, 11) is 0. The van der Waals surface area contributed by atoms with Gasteiger partial charge in [-0.1, -0.05) is 49.4 Å². The topological polar surface area (TPSA) is 0 Å². The molecule has 0 atom stereocenters. The lowest BCUT2D eigenvalue weighted by molar-refractivity contribution is 1.10. The summed E-state index contributed by atoms with van der Waals surface area (Å²) in [5.74, 6) is 0. The molecule has 0 N–H and O–H groups in total. The van der Waals surface area contributed by atoms with Crippen LogP contribution in [0.15, 0.2) is 42.5 Å². The van der Waals surface area contributed by atoms with E-state index in [1.54, 1.807) is 0 Å². The molecule has 2 aromatic carbocycles. The SMILES string of the molecule is CCc1[c]ccc(Cc2ccccc2C)c1. The van der Waals surface area contributed by atoms with E-state index in [0.717, 1.165) is 12.8 Å². The van der Waals surface area contributed by atoms with Crippen molar-refractivity contribution in [3.05, 3.63) is 70.8 Å². The van der Waals surface area contributed by atoms with Gasteiger partial charge in [-0.2, -0.15) is 0 Å². The fraction of sp³-hybridized carbons (Fsp3) is 0.250. The molecule has 0 aliphatic carbocycles. The largest absolute Gasteiger partial charge is 0.0620 e. The summed E-state index contributed by atoms with van der Waals surface area (Å²) in [6, 6.07) is 18.3. The third-order valence-corrected chi connectivity index (χ3v) is 2.96. The summed E-state index contributed by atoms with van der Waals surface area (Å²) in [4.78, 5) is 0. The van der Waals surface area contributed by atoms with E-state index in [2.05, 4.69) is 56.3 Å². The van der Waals surface area contributed by atoms with Gasteiger partial charge in [0.05, 0.1) is 0 Å². The predicted octanol–water partition coefficient (Wildman–Crippen LogP) is 3.95. The van der Waals surface area contributed by atoms with Crippen LogP contribution in [0.2, 0.25) is 0 Å². The van der Waals surface area contributed by atoms with Crippen LogP contribution < -0.4 is 0 Å². The van der Waals surface area contributed by atoms with Gasteiger partial charge in [0, 0.05) is 0 Å². The third kappa shape index (κ3) is 2.52. The zero-order valence-electron chi connectivity index (χ0n) is 9.96. The van der Waals surface area contributed by atoms with Gasteiger partial charge in [-0.15, -0.1) is 0 Å². The van der Waals surface area contributed by atoms with Crippen molar-refractivity contribution < 1.29 is 0 Å². The zero-order chi connectivity index (χ0) is 11.4. The molecule has 0 nitrogen and oxygen atoms in total. The monoisotopic (exact) mass is 209 g/mol. The van der Waals surface area contributed by atoms with E-state index in [-0.39, 0.29) is 0 Å². The number of aryl methyl sites for hydroxylation is 2. The van der Waals surface area contributed by atoms with Gasteiger partial charge in [-0.05, 0) is 48.1 Å². The average Bonchev–Trinajstić information content (AvgIpc) is 2.32. The van der Waals surface area contributed by atoms with Gasteiger partial charge in [-0.3, -0.25) is 0 Å². The highest BCUT2D eigenvalue weighted by Crippen LogP contribution is 2.14. The van der Waals surface area contributed by atoms with Crippen molar-refractivity contribution in [3.63, 3.8) is 0 Å². The Morgan fingerprint density at radius 3 is 2.69 bits per heavy atom. The number of rotatable bonds is 3. The fourth-order valence-electron chi connectivity index (χ4n) is 1.91. The first-order valence-corrected chi connectivity index (χ1v) is 5.83. The van der Waals surface area contributed by atoms with Crippen LogP contribution in [0.25, 0.3) is 0 Å². The minimum Gasteiger partial charge on any atom is -0.0620 e. The Morgan fingerprint density at radius 2 is 1.94 bits per heavy atom. The standard InChI is InChI=1S/C16H17/c1-3-14-8-6-9-15(11-14)12-16-10-5-4-7-13(16)2/h4-7,9-11H,3,12H2,1-2H3. The molecule has 2 rings (SSSR count). The highest BCUT2D eigenvalue weighted by molar-refractivity contribution is 5.33. The lowest BCUT2D eigenvalue weighted by atomic mass is 9.99. The van der Waals surface area contributed by atoms with Gasteiger partial charge in [0.25, 0.3) is 0 Å². The minimum absolute atomic E-state index is 1.02. The molecule has 2 aromatic rings. The maximum absolute atomic E-state index is 3.26. The molecule has 0 aliphatic rings. The molecular formula is C16H17. The summed E-state index contributed by atoms with van der Waals surface area (Å²) >= 11 is 0. The van der Waals surface area contributed by atoms with Crippen molar-refractivity contribution in [2.45, 2.75) is 26.7 Å². The second kappa shape index (κ2) is 4.98. The Balaban J connectivity index is 2.24. The molecule has 0 heteroatoms. The first kappa shape index (κ1) is 10.9. The van der Waals surface area contributed by atoms with Gasteiger partial charge in [-0.25, -0.2) is 0 Å². The van der Waals surface area contributed by atoms with E-state index < -0.39 is 0 Å². The quantitative estimate of drug-likeness (QED) is 0.718. The maximum atomic E-state index is 3.26. The minimum atomic E-state index is 1.02. The molecule has 81 valence electrons. The molecule has 0 heterocycles. The molecule has 16 heavy (non-hydrogen) atoms. The zero-order valence-corrected chi connectivity index (χ0v) is 9.96. The Labute approximate surface area is 97.9 Å². The highest BCUT2D eigenvalue weighted by atomic mass is 14.0. The summed E-state index contributed by atoms with van der Waals surface area (Å²) < 4.78 is 0. The van der Waals surface area contributed by atoms with Crippen molar-refractivity contribution >= 4 is 0 Å². The normalized spacial score (nSPS) is 10.4. The molecule has 0 fully saturated rings. The number of benzene rings is 2. The van der Waals surface area contributed by atoms with Crippen molar-refractivity contribution in [1.82, 2.24) is 0 Å². The fourth-order valence-corrected chi connectivity index (χ4v) is 1.91. The molecule has 0 aliphatic heterocycles. The van der Waals surface area contributed by atoms with E-state index in [0.29, 0.717) is 0 Å². The average molecular weight is 209 g/mol. The third-order valence-electron chi connectivity index (χ3n) is 2.96. The van der Waals surface area contributed by atoms with Gasteiger partial charge in [0.15, 0.2) is 0 Å². The lowest BCUT2D eigenvalue weighted by Gasteiger charge is -2.06. The van der Waals surface area contributed by atoms with Crippen molar-refractivity contribution in [3.8, 4) is 0 Å². The Kier molecular flexibility index (Phi) is 3.40. The van der Waals surface area contributed by atoms with Gasteiger partial charge in [0.2, 0.25) is 0 Å². The summed E-state index contributed by atoms with van der Waals surface area (Å²) in [6.45, 7) is 4.34. The van der Waals surface area contributed by atoms with Crippen LogP contribution in [-0.4, -0.2) is 0 Å². The van der Waals surface area contributed by atoms with Crippen molar-refractivity contribution in [1.29, 1.82) is 0 Å². The molecule has 1 radical (unpaired) electrons. The smallest absolute Gasteiger partial charge is 0.00230 e. The first-order valence-electron chi connectivity index (χ1n) is 5.83. The van der Waals surface area contributed by atoms with E-state index in [9.17, 15) is 0 Å². The lowest BCUT2D eigenvalue weighted by Crippen LogP contribution is -1.92.